The van der Waals surface area contributed by atoms with Crippen LogP contribution in [-0.2, 0) is 20.2 Å². The molecular weight excluding hydrogens is 546 g/mol. The first kappa shape index (κ1) is 30.8. The van der Waals surface area contributed by atoms with E-state index in [0.717, 1.165) is 44.4 Å². The van der Waals surface area contributed by atoms with Crippen LogP contribution >= 0.6 is 0 Å². The molecule has 38 heavy (non-hydrogen) atoms. The molecule has 0 unspecified atom stereocenters. The van der Waals surface area contributed by atoms with Gasteiger partial charge in [0.1, 0.15) is 0 Å². The van der Waals surface area contributed by atoms with Crippen LogP contribution in [0.5, 0.6) is 0 Å². The van der Waals surface area contributed by atoms with Gasteiger partial charge in [-0.3, -0.25) is 19.1 Å². The monoisotopic (exact) mass is 566 g/mol. The number of aryl methyl sites for hydroxylation is 2. The van der Waals surface area contributed by atoms with E-state index in [1.807, 2.05) is 38.1 Å². The normalized spacial score (nSPS) is 11.7. The van der Waals surface area contributed by atoms with Gasteiger partial charge in [-0.2, -0.15) is 16.8 Å². The fourth-order valence-corrected chi connectivity index (χ4v) is 5.28. The van der Waals surface area contributed by atoms with Crippen LogP contribution in [0.4, 0.5) is 0 Å². The molecule has 5 aromatic rings. The minimum Gasteiger partial charge on any atom is -0.282 e. The number of rotatable bonds is 4. The number of nitrogens with zero attached hydrogens (tertiary/aromatic N) is 2. The molecule has 0 aliphatic rings. The maximum Gasteiger partial charge on any atom is 0.294 e. The Bertz CT molecular complexity index is 1750. The van der Waals surface area contributed by atoms with Crippen molar-refractivity contribution in [2.45, 2.75) is 23.6 Å². The number of hydrogen-bond donors (Lipinski definition) is 2. The molecule has 2 radical (unpaired) electrons. The standard InChI is InChI=1S/C26H20N2O6S2.2Na/c1-15-13-23(17-3-7-19(8-4-17)35(29,30)31)21-11-12-22-24(14-16(2)28-26(22)25(21)27-15)18-5-9-20(10-6-18)36(32,33)34;;/h3-14H,1-2H3,(H,29,30,31)(H,32,33,34);;. The van der Waals surface area contributed by atoms with E-state index < -0.39 is 20.2 Å². The van der Waals surface area contributed by atoms with E-state index in [2.05, 4.69) is 0 Å². The Kier molecular flexibility index (Phi) is 9.27. The van der Waals surface area contributed by atoms with E-state index in [0.29, 0.717) is 11.0 Å². The van der Waals surface area contributed by atoms with E-state index >= 15 is 0 Å². The number of aromatic nitrogens is 2. The van der Waals surface area contributed by atoms with Crippen molar-refractivity contribution in [2.75, 3.05) is 0 Å². The van der Waals surface area contributed by atoms with Crippen LogP contribution in [0, 0.1) is 13.8 Å². The zero-order valence-electron chi connectivity index (χ0n) is 21.2. The van der Waals surface area contributed by atoms with E-state index in [1.165, 1.54) is 24.3 Å². The molecule has 0 spiro atoms. The van der Waals surface area contributed by atoms with Crippen LogP contribution in [0.1, 0.15) is 11.4 Å². The zero-order valence-corrected chi connectivity index (χ0v) is 26.8. The van der Waals surface area contributed by atoms with Gasteiger partial charge in [0, 0.05) is 81.3 Å². The average Bonchev–Trinajstić information content (AvgIpc) is 2.82. The van der Waals surface area contributed by atoms with Crippen molar-refractivity contribution in [3.8, 4) is 22.3 Å². The SMILES string of the molecule is Cc1cc(-c2ccc(S(=O)(=O)O)cc2)c2ccc3c(-c4ccc(S(=O)(=O)O)cc4)cc(C)nc3c2n1.[Na].[Na]. The van der Waals surface area contributed by atoms with Gasteiger partial charge in [0.25, 0.3) is 20.2 Å². The van der Waals surface area contributed by atoms with Gasteiger partial charge in [-0.05, 0) is 72.5 Å². The average molecular weight is 567 g/mol. The minimum atomic E-state index is -4.30. The van der Waals surface area contributed by atoms with Crippen LogP contribution < -0.4 is 0 Å². The molecule has 0 saturated heterocycles. The molecule has 8 nitrogen and oxygen atoms in total. The van der Waals surface area contributed by atoms with Gasteiger partial charge in [-0.1, -0.05) is 36.4 Å². The number of pyridine rings is 2. The van der Waals surface area contributed by atoms with Crippen LogP contribution in [0.3, 0.4) is 0 Å². The summed E-state index contributed by atoms with van der Waals surface area (Å²) in [7, 11) is -8.60. The van der Waals surface area contributed by atoms with Crippen LogP contribution in [0.25, 0.3) is 44.1 Å². The molecule has 12 heteroatoms. The summed E-state index contributed by atoms with van der Waals surface area (Å²) < 4.78 is 64.3. The second kappa shape index (κ2) is 11.4. The van der Waals surface area contributed by atoms with Gasteiger partial charge in [0.2, 0.25) is 0 Å². The Morgan fingerprint density at radius 1 is 0.553 bits per heavy atom. The smallest absolute Gasteiger partial charge is 0.282 e. The summed E-state index contributed by atoms with van der Waals surface area (Å²) in [5, 5.41) is 1.64. The van der Waals surface area contributed by atoms with Crippen molar-refractivity contribution < 1.29 is 25.9 Å². The molecule has 5 rings (SSSR count). The number of fused-ring (bicyclic) bond motifs is 3. The molecule has 0 fully saturated rings. The Morgan fingerprint density at radius 3 is 1.16 bits per heavy atom. The summed E-state index contributed by atoms with van der Waals surface area (Å²) >= 11 is 0. The molecule has 3 aromatic carbocycles. The molecule has 184 valence electrons. The predicted molar refractivity (Wildman–Crippen MR) is 149 cm³/mol. The first-order valence-corrected chi connectivity index (χ1v) is 13.7. The molecule has 0 aliphatic carbocycles. The third-order valence-corrected chi connectivity index (χ3v) is 7.68. The summed E-state index contributed by atoms with van der Waals surface area (Å²) in [5.74, 6) is 0. The fraction of sp³-hybridized carbons (Fsp3) is 0.0769. The quantitative estimate of drug-likeness (QED) is 0.185. The number of benzene rings is 3. The van der Waals surface area contributed by atoms with Crippen molar-refractivity contribution in [2.24, 2.45) is 0 Å². The topological polar surface area (TPSA) is 135 Å². The summed E-state index contributed by atoms with van der Waals surface area (Å²) in [6, 6.07) is 19.6. The minimum absolute atomic E-state index is 0. The molecule has 0 bridgehead atoms. The Morgan fingerprint density at radius 2 is 0.868 bits per heavy atom. The largest absolute Gasteiger partial charge is 0.294 e. The van der Waals surface area contributed by atoms with E-state index in [4.69, 9.17) is 9.97 Å². The van der Waals surface area contributed by atoms with Crippen molar-refractivity contribution >= 4 is 101 Å². The molecule has 0 saturated carbocycles. The van der Waals surface area contributed by atoms with Crippen molar-refractivity contribution in [1.82, 2.24) is 9.97 Å². The van der Waals surface area contributed by atoms with Gasteiger partial charge in [0.15, 0.2) is 0 Å². The Balaban J connectivity index is 0.00000200. The van der Waals surface area contributed by atoms with Gasteiger partial charge in [-0.15, -0.1) is 0 Å². The number of hydrogen-bond acceptors (Lipinski definition) is 6. The van der Waals surface area contributed by atoms with Crippen LogP contribution in [0.2, 0.25) is 0 Å². The summed E-state index contributed by atoms with van der Waals surface area (Å²) in [5.41, 5.74) is 6.00. The first-order valence-electron chi connectivity index (χ1n) is 10.8. The first-order chi connectivity index (χ1) is 16.9. The second-order valence-corrected chi connectivity index (χ2v) is 11.3. The van der Waals surface area contributed by atoms with E-state index in [9.17, 15) is 25.9 Å². The maximum absolute atomic E-state index is 11.4. The Hall–Kier alpha value is -1.70. The molecule has 0 amide bonds. The van der Waals surface area contributed by atoms with Gasteiger partial charge < -0.3 is 0 Å². The van der Waals surface area contributed by atoms with Crippen LogP contribution in [-0.4, -0.2) is 95.0 Å². The Labute approximate surface area is 264 Å². The van der Waals surface area contributed by atoms with Gasteiger partial charge >= 0.3 is 0 Å². The van der Waals surface area contributed by atoms with Gasteiger partial charge in [0.05, 0.1) is 20.8 Å². The third-order valence-electron chi connectivity index (χ3n) is 5.94. The van der Waals surface area contributed by atoms with E-state index in [-0.39, 0.29) is 68.9 Å². The predicted octanol–water partition coefficient (Wildman–Crippen LogP) is 4.47. The van der Waals surface area contributed by atoms with Gasteiger partial charge in [-0.25, -0.2) is 0 Å². The second-order valence-electron chi connectivity index (χ2n) is 8.48. The molecule has 0 atom stereocenters. The van der Waals surface area contributed by atoms with Crippen LogP contribution in [0.15, 0.2) is 82.6 Å². The zero-order chi connectivity index (χ0) is 25.8. The molecular formula is C26H20N2Na2O6S2. The van der Waals surface area contributed by atoms with Crippen molar-refractivity contribution in [1.29, 1.82) is 0 Å². The third kappa shape index (κ3) is 6.05. The maximum atomic E-state index is 11.4. The van der Waals surface area contributed by atoms with Crippen molar-refractivity contribution in [3.63, 3.8) is 0 Å². The summed E-state index contributed by atoms with van der Waals surface area (Å²) in [6.45, 7) is 3.72. The molecule has 2 aromatic heterocycles. The summed E-state index contributed by atoms with van der Waals surface area (Å²) in [6.07, 6.45) is 0. The molecule has 2 heterocycles. The molecule has 0 aliphatic heterocycles. The summed E-state index contributed by atoms with van der Waals surface area (Å²) in [4.78, 5) is 9.14. The fourth-order valence-electron chi connectivity index (χ4n) is 4.32. The van der Waals surface area contributed by atoms with E-state index in [1.54, 1.807) is 24.3 Å². The molecule has 2 N–H and O–H groups in total. The van der Waals surface area contributed by atoms with Crippen molar-refractivity contribution in [3.05, 3.63) is 84.2 Å².